The molecule has 0 atom stereocenters. The Morgan fingerprint density at radius 3 is 2.42 bits per heavy atom. The molecule has 0 amide bonds. The summed E-state index contributed by atoms with van der Waals surface area (Å²) >= 11 is 1.58. The van der Waals surface area contributed by atoms with Gasteiger partial charge in [-0.25, -0.2) is 13.2 Å². The number of rotatable bonds is 7. The number of hydrogen-bond acceptors (Lipinski definition) is 5. The van der Waals surface area contributed by atoms with Crippen molar-refractivity contribution in [3.63, 3.8) is 0 Å². The normalized spacial score (nSPS) is 11.1. The number of nitrogens with one attached hydrogen (secondary N) is 1. The molecule has 2 rings (SSSR count). The van der Waals surface area contributed by atoms with Crippen LogP contribution >= 0.6 is 11.8 Å². The van der Waals surface area contributed by atoms with Gasteiger partial charge in [-0.2, -0.15) is 0 Å². The summed E-state index contributed by atoms with van der Waals surface area (Å²) in [4.78, 5) is 12.3. The zero-order chi connectivity index (χ0) is 17.6. The molecule has 0 aliphatic carbocycles. The third kappa shape index (κ3) is 5.01. The van der Waals surface area contributed by atoms with Gasteiger partial charge in [-0.05, 0) is 35.6 Å². The molecule has 0 spiro atoms. The van der Waals surface area contributed by atoms with E-state index in [-0.39, 0.29) is 5.75 Å². The summed E-state index contributed by atoms with van der Waals surface area (Å²) in [5.41, 5.74) is 1.56. The van der Waals surface area contributed by atoms with E-state index in [1.54, 1.807) is 48.2 Å². The highest BCUT2D eigenvalue weighted by Gasteiger charge is 2.14. The maximum absolute atomic E-state index is 12.4. The SMILES string of the molecule is CCSc1ccccc1NS(=O)(=O)Cc1ccc(C(=O)OC)cc1. The Morgan fingerprint density at radius 2 is 1.79 bits per heavy atom. The highest BCUT2D eigenvalue weighted by Crippen LogP contribution is 2.27. The van der Waals surface area contributed by atoms with Gasteiger partial charge in [0.2, 0.25) is 10.0 Å². The molecule has 2 aromatic rings. The fourth-order valence-corrected chi connectivity index (χ4v) is 4.15. The maximum atomic E-state index is 12.4. The quantitative estimate of drug-likeness (QED) is 0.600. The fraction of sp³-hybridized carbons (Fsp3) is 0.235. The summed E-state index contributed by atoms with van der Waals surface area (Å²) in [5, 5.41) is 0. The van der Waals surface area contributed by atoms with Crippen LogP contribution in [0.25, 0.3) is 0 Å². The first kappa shape index (κ1) is 18.4. The van der Waals surface area contributed by atoms with Crippen molar-refractivity contribution in [3.05, 3.63) is 59.7 Å². The van der Waals surface area contributed by atoms with Gasteiger partial charge >= 0.3 is 5.97 Å². The van der Waals surface area contributed by atoms with Gasteiger partial charge in [-0.15, -0.1) is 11.8 Å². The molecule has 0 aromatic heterocycles. The molecule has 0 aliphatic rings. The second kappa shape index (κ2) is 8.21. The largest absolute Gasteiger partial charge is 0.465 e. The Kier molecular flexibility index (Phi) is 6.28. The van der Waals surface area contributed by atoms with Crippen molar-refractivity contribution in [1.29, 1.82) is 0 Å². The highest BCUT2D eigenvalue weighted by molar-refractivity contribution is 7.99. The van der Waals surface area contributed by atoms with E-state index in [0.717, 1.165) is 10.6 Å². The smallest absolute Gasteiger partial charge is 0.337 e. The van der Waals surface area contributed by atoms with Crippen molar-refractivity contribution in [3.8, 4) is 0 Å². The molecule has 7 heteroatoms. The zero-order valence-electron chi connectivity index (χ0n) is 13.5. The molecule has 0 saturated carbocycles. The Labute approximate surface area is 146 Å². The van der Waals surface area contributed by atoms with E-state index in [1.165, 1.54) is 7.11 Å². The lowest BCUT2D eigenvalue weighted by atomic mass is 10.1. The van der Waals surface area contributed by atoms with E-state index in [0.29, 0.717) is 16.8 Å². The molecule has 0 fully saturated rings. The van der Waals surface area contributed by atoms with Gasteiger partial charge in [0.05, 0.1) is 24.1 Å². The number of thioether (sulfide) groups is 1. The van der Waals surface area contributed by atoms with E-state index >= 15 is 0 Å². The molecule has 0 radical (unpaired) electrons. The molecule has 0 bridgehead atoms. The number of benzene rings is 2. The van der Waals surface area contributed by atoms with Crippen molar-refractivity contribution < 1.29 is 17.9 Å². The third-order valence-corrected chi connectivity index (χ3v) is 5.38. The van der Waals surface area contributed by atoms with Gasteiger partial charge in [0.15, 0.2) is 0 Å². The molecular formula is C17H19NO4S2. The molecule has 0 unspecified atom stereocenters. The van der Waals surface area contributed by atoms with Crippen LogP contribution in [-0.2, 0) is 20.5 Å². The van der Waals surface area contributed by atoms with Crippen molar-refractivity contribution >= 4 is 33.4 Å². The van der Waals surface area contributed by atoms with Crippen LogP contribution < -0.4 is 4.72 Å². The minimum atomic E-state index is -3.55. The lowest BCUT2D eigenvalue weighted by molar-refractivity contribution is 0.0600. The summed E-state index contributed by atoms with van der Waals surface area (Å²) in [6.45, 7) is 2.01. The molecule has 0 aliphatic heterocycles. The van der Waals surface area contributed by atoms with E-state index in [1.807, 2.05) is 19.1 Å². The predicted molar refractivity (Wildman–Crippen MR) is 96.9 cm³/mol. The van der Waals surface area contributed by atoms with Crippen molar-refractivity contribution in [2.24, 2.45) is 0 Å². The van der Waals surface area contributed by atoms with Gasteiger partial charge in [-0.3, -0.25) is 4.72 Å². The number of ether oxygens (including phenoxy) is 1. The lowest BCUT2D eigenvalue weighted by Gasteiger charge is -2.12. The molecule has 0 heterocycles. The molecule has 2 aromatic carbocycles. The first-order chi connectivity index (χ1) is 11.4. The van der Waals surface area contributed by atoms with Crippen LogP contribution in [-0.4, -0.2) is 27.2 Å². The number of hydrogen-bond donors (Lipinski definition) is 1. The molecule has 128 valence electrons. The summed E-state index contributed by atoms with van der Waals surface area (Å²) in [5.74, 6) is 0.237. The van der Waals surface area contributed by atoms with Crippen LogP contribution in [0.15, 0.2) is 53.4 Å². The number of anilines is 1. The monoisotopic (exact) mass is 365 g/mol. The van der Waals surface area contributed by atoms with Gasteiger partial charge in [-0.1, -0.05) is 31.2 Å². The van der Waals surface area contributed by atoms with Crippen LogP contribution in [0.1, 0.15) is 22.8 Å². The van der Waals surface area contributed by atoms with E-state index in [9.17, 15) is 13.2 Å². The van der Waals surface area contributed by atoms with Gasteiger partial charge in [0, 0.05) is 4.90 Å². The van der Waals surface area contributed by atoms with Crippen molar-refractivity contribution in [1.82, 2.24) is 0 Å². The van der Waals surface area contributed by atoms with Crippen LogP contribution in [0.2, 0.25) is 0 Å². The summed E-state index contributed by atoms with van der Waals surface area (Å²) in [6.07, 6.45) is 0. The zero-order valence-corrected chi connectivity index (χ0v) is 15.1. The maximum Gasteiger partial charge on any atom is 0.337 e. The summed E-state index contributed by atoms with van der Waals surface area (Å²) in [7, 11) is -2.24. The summed E-state index contributed by atoms with van der Waals surface area (Å²) < 4.78 is 32.0. The van der Waals surface area contributed by atoms with Crippen molar-refractivity contribution in [2.45, 2.75) is 17.6 Å². The Bertz CT molecular complexity index is 802. The molecule has 24 heavy (non-hydrogen) atoms. The van der Waals surface area contributed by atoms with Crippen LogP contribution in [0.3, 0.4) is 0 Å². The summed E-state index contributed by atoms with van der Waals surface area (Å²) in [6, 6.07) is 13.6. The molecule has 0 saturated heterocycles. The second-order valence-corrected chi connectivity index (χ2v) is 8.01. The fourth-order valence-electron chi connectivity index (χ4n) is 2.11. The van der Waals surface area contributed by atoms with E-state index < -0.39 is 16.0 Å². The Morgan fingerprint density at radius 1 is 1.12 bits per heavy atom. The minimum Gasteiger partial charge on any atom is -0.465 e. The van der Waals surface area contributed by atoms with Crippen LogP contribution in [0.4, 0.5) is 5.69 Å². The van der Waals surface area contributed by atoms with Crippen molar-refractivity contribution in [2.75, 3.05) is 17.6 Å². The highest BCUT2D eigenvalue weighted by atomic mass is 32.2. The van der Waals surface area contributed by atoms with Gasteiger partial charge in [0.1, 0.15) is 0 Å². The Balaban J connectivity index is 2.13. The van der Waals surface area contributed by atoms with E-state index in [2.05, 4.69) is 9.46 Å². The average Bonchev–Trinajstić information content (AvgIpc) is 2.56. The molecule has 5 nitrogen and oxygen atoms in total. The van der Waals surface area contributed by atoms with E-state index in [4.69, 9.17) is 0 Å². The second-order valence-electron chi connectivity index (χ2n) is 4.98. The van der Waals surface area contributed by atoms with Crippen LogP contribution in [0, 0.1) is 0 Å². The van der Waals surface area contributed by atoms with Gasteiger partial charge < -0.3 is 4.74 Å². The number of methoxy groups -OCH3 is 1. The minimum absolute atomic E-state index is 0.167. The molecular weight excluding hydrogens is 346 g/mol. The van der Waals surface area contributed by atoms with Crippen LogP contribution in [0.5, 0.6) is 0 Å². The Hall–Kier alpha value is -1.99. The number of para-hydroxylation sites is 1. The first-order valence-corrected chi connectivity index (χ1v) is 9.98. The predicted octanol–water partition coefficient (Wildman–Crippen LogP) is 3.53. The average molecular weight is 365 g/mol. The lowest BCUT2D eigenvalue weighted by Crippen LogP contribution is -2.15. The number of carbonyl (C=O) groups is 1. The van der Waals surface area contributed by atoms with Gasteiger partial charge in [0.25, 0.3) is 0 Å². The topological polar surface area (TPSA) is 72.5 Å². The first-order valence-electron chi connectivity index (χ1n) is 7.34. The number of sulfonamides is 1. The molecule has 1 N–H and O–H groups in total. The third-order valence-electron chi connectivity index (χ3n) is 3.18. The standard InChI is InChI=1S/C17H19NO4S2/c1-3-23-16-7-5-4-6-15(16)18-24(20,21)12-13-8-10-14(11-9-13)17(19)22-2/h4-11,18H,3,12H2,1-2H3. The number of esters is 1. The number of carbonyl (C=O) groups excluding carboxylic acids is 1.